The summed E-state index contributed by atoms with van der Waals surface area (Å²) in [5.74, 6) is 0. The predicted molar refractivity (Wildman–Crippen MR) is 40.5 cm³/mol. The van der Waals surface area contributed by atoms with Crippen molar-refractivity contribution in [3.63, 3.8) is 0 Å². The zero-order valence-corrected chi connectivity index (χ0v) is 7.32. The molecule has 0 spiro atoms. The summed E-state index contributed by atoms with van der Waals surface area (Å²) in [7, 11) is 0. The molecule has 58 valence electrons. The van der Waals surface area contributed by atoms with Crippen LogP contribution in [-0.4, -0.2) is 4.26 Å². The van der Waals surface area contributed by atoms with Gasteiger partial charge in [0.25, 0.3) is 0 Å². The van der Waals surface area contributed by atoms with Gasteiger partial charge in [-0.1, -0.05) is 0 Å². The van der Waals surface area contributed by atoms with Gasteiger partial charge in [0.15, 0.2) is 0 Å². The fourth-order valence-corrected chi connectivity index (χ4v) is 0.850. The second-order valence-electron chi connectivity index (χ2n) is 2.02. The Morgan fingerprint density at radius 2 is 1.91 bits per heavy atom. The van der Waals surface area contributed by atoms with E-state index in [1.54, 1.807) is 6.08 Å². The molecule has 1 aromatic carbocycles. The topological polar surface area (TPSA) is 17.1 Å². The van der Waals surface area contributed by atoms with Crippen molar-refractivity contribution in [2.24, 2.45) is 0 Å². The third kappa shape index (κ3) is 3.27. The van der Waals surface area contributed by atoms with Gasteiger partial charge in [-0.25, -0.2) is 0 Å². The van der Waals surface area contributed by atoms with Crippen molar-refractivity contribution in [3.05, 3.63) is 42.0 Å². The van der Waals surface area contributed by atoms with Crippen molar-refractivity contribution >= 4 is 10.3 Å². The van der Waals surface area contributed by atoms with E-state index in [9.17, 15) is 4.79 Å². The number of hydrogen-bond donors (Lipinski definition) is 0. The third-order valence-electron chi connectivity index (χ3n) is 1.20. The maximum absolute atomic E-state index is 10.5. The van der Waals surface area contributed by atoms with Crippen LogP contribution < -0.4 is 0 Å². The fourth-order valence-electron chi connectivity index (χ4n) is 0.721. The minimum atomic E-state index is -0.0724. The van der Waals surface area contributed by atoms with Crippen LogP contribution in [0.25, 0.3) is 6.08 Å². The van der Waals surface area contributed by atoms with Crippen molar-refractivity contribution < 1.29 is 24.0 Å². The van der Waals surface area contributed by atoms with Gasteiger partial charge in [-0.3, -0.25) is 0 Å². The summed E-state index contributed by atoms with van der Waals surface area (Å²) in [4.78, 5) is 10.5. The Morgan fingerprint density at radius 1 is 1.27 bits per heavy atom. The molecular weight excluding hydrogens is 231 g/mol. The summed E-state index contributed by atoms with van der Waals surface area (Å²) >= 11 is 2.55. The van der Waals surface area contributed by atoms with Gasteiger partial charge >= 0.3 is 76.3 Å². The number of carbonyl (C=O) groups is 1. The molecule has 0 radical (unpaired) electrons. The van der Waals surface area contributed by atoms with Crippen molar-refractivity contribution in [3.8, 4) is 0 Å². The van der Waals surface area contributed by atoms with Gasteiger partial charge in [0.1, 0.15) is 0 Å². The van der Waals surface area contributed by atoms with E-state index in [4.69, 9.17) is 0 Å². The molecule has 1 nitrogen and oxygen atoms in total. The van der Waals surface area contributed by atoms with Gasteiger partial charge in [0.2, 0.25) is 0 Å². The Morgan fingerprint density at radius 3 is 2.45 bits per heavy atom. The van der Waals surface area contributed by atoms with E-state index in [-0.39, 0.29) is 4.26 Å². The first-order valence-corrected chi connectivity index (χ1v) is 3.96. The van der Waals surface area contributed by atoms with Crippen LogP contribution in [0.3, 0.4) is 0 Å². The molecule has 1 rings (SSSR count). The Balaban J connectivity index is 2.72. The predicted octanol–water partition coefficient (Wildman–Crippen LogP) is 1.77. The Hall–Kier alpha value is -0.708. The van der Waals surface area contributed by atoms with E-state index in [0.29, 0.717) is 0 Å². The first-order chi connectivity index (χ1) is 5.29. The monoisotopic (exact) mass is 237 g/mol. The summed E-state index contributed by atoms with van der Waals surface area (Å²) in [5.41, 5.74) is 1.03. The van der Waals surface area contributed by atoms with Crippen LogP contribution in [0.15, 0.2) is 36.4 Å². The summed E-state index contributed by atoms with van der Waals surface area (Å²) in [5, 5.41) is 0. The molecule has 0 aromatic heterocycles. The van der Waals surface area contributed by atoms with Gasteiger partial charge < -0.3 is 0 Å². The number of benzene rings is 1. The van der Waals surface area contributed by atoms with Crippen LogP contribution >= 0.6 is 0 Å². The summed E-state index contributed by atoms with van der Waals surface area (Å²) in [6.45, 7) is 0. The SMILES string of the molecule is O=[C]([Pd+])C=Cc1ccccc1. The van der Waals surface area contributed by atoms with Gasteiger partial charge in [-0.05, 0) is 0 Å². The Bertz CT molecular complexity index is 264. The van der Waals surface area contributed by atoms with E-state index in [1.165, 1.54) is 6.08 Å². The first-order valence-electron chi connectivity index (χ1n) is 3.18. The maximum atomic E-state index is 10.5. The fraction of sp³-hybridized carbons (Fsp3) is 0. The molecule has 0 saturated carbocycles. The molecule has 0 bridgehead atoms. The van der Waals surface area contributed by atoms with E-state index in [0.717, 1.165) is 5.56 Å². The number of hydrogen-bond acceptors (Lipinski definition) is 1. The standard InChI is InChI=1S/C9H7O.Pd/c10-8-4-7-9-5-2-1-3-6-9;/h1-7H;/q;+1. The van der Waals surface area contributed by atoms with Gasteiger partial charge in [0.05, 0.1) is 0 Å². The van der Waals surface area contributed by atoms with E-state index < -0.39 is 0 Å². The van der Waals surface area contributed by atoms with Crippen LogP contribution in [0, 0.1) is 0 Å². The molecule has 0 amide bonds. The molecule has 11 heavy (non-hydrogen) atoms. The summed E-state index contributed by atoms with van der Waals surface area (Å²) in [6, 6.07) is 9.69. The van der Waals surface area contributed by atoms with Crippen LogP contribution in [0.1, 0.15) is 5.56 Å². The van der Waals surface area contributed by atoms with Crippen LogP contribution in [0.2, 0.25) is 0 Å². The Labute approximate surface area is 76.5 Å². The molecule has 0 aliphatic carbocycles. The number of allylic oxidation sites excluding steroid dienone is 1. The van der Waals surface area contributed by atoms with Crippen LogP contribution in [0.4, 0.5) is 0 Å². The van der Waals surface area contributed by atoms with E-state index in [2.05, 4.69) is 19.2 Å². The van der Waals surface area contributed by atoms with Crippen molar-refractivity contribution in [2.45, 2.75) is 0 Å². The molecule has 0 aliphatic heterocycles. The zero-order chi connectivity index (χ0) is 8.10. The van der Waals surface area contributed by atoms with Gasteiger partial charge in [0, 0.05) is 0 Å². The Kier molecular flexibility index (Phi) is 3.23. The molecule has 2 heteroatoms. The number of carbonyl (C=O) groups excluding carboxylic acids is 1. The van der Waals surface area contributed by atoms with E-state index >= 15 is 0 Å². The molecule has 0 saturated heterocycles. The molecule has 0 aliphatic rings. The van der Waals surface area contributed by atoms with Gasteiger partial charge in [-0.2, -0.15) is 0 Å². The molecule has 1 aromatic rings. The van der Waals surface area contributed by atoms with E-state index in [1.807, 2.05) is 30.3 Å². The second kappa shape index (κ2) is 4.23. The summed E-state index contributed by atoms with van der Waals surface area (Å²) in [6.07, 6.45) is 3.27. The molecule has 0 heterocycles. The molecule has 0 atom stereocenters. The molecule has 0 N–H and O–H groups in total. The molecule has 0 fully saturated rings. The summed E-state index contributed by atoms with van der Waals surface area (Å²) < 4.78 is -0.0724. The molecule has 0 unspecified atom stereocenters. The van der Waals surface area contributed by atoms with Crippen molar-refractivity contribution in [2.75, 3.05) is 0 Å². The second-order valence-corrected chi connectivity index (χ2v) is 2.78. The normalized spacial score (nSPS) is 10.4. The van der Waals surface area contributed by atoms with Crippen LogP contribution in [0.5, 0.6) is 0 Å². The first kappa shape index (κ1) is 8.39. The average Bonchev–Trinajstić information content (AvgIpc) is 2.03. The van der Waals surface area contributed by atoms with Gasteiger partial charge in [-0.15, -0.1) is 0 Å². The van der Waals surface area contributed by atoms with Crippen molar-refractivity contribution in [1.29, 1.82) is 0 Å². The van der Waals surface area contributed by atoms with Crippen molar-refractivity contribution in [1.82, 2.24) is 0 Å². The number of rotatable bonds is 2. The minimum absolute atomic E-state index is 0.0724. The average molecular weight is 238 g/mol. The third-order valence-corrected chi connectivity index (χ3v) is 1.46. The zero-order valence-electron chi connectivity index (χ0n) is 5.77. The molecular formula is C9H7OPd+. The quantitative estimate of drug-likeness (QED) is 0.566. The van der Waals surface area contributed by atoms with Crippen LogP contribution in [-0.2, 0) is 24.0 Å².